The van der Waals surface area contributed by atoms with Gasteiger partial charge in [0.1, 0.15) is 11.4 Å². The molecular weight excluding hydrogens is 333 g/mol. The van der Waals surface area contributed by atoms with E-state index in [2.05, 4.69) is 0 Å². The van der Waals surface area contributed by atoms with E-state index in [9.17, 15) is 19.4 Å². The second kappa shape index (κ2) is 5.53. The fraction of sp³-hybridized carbons (Fsp3) is 0.238. The largest absolute Gasteiger partial charge is 0.505 e. The summed E-state index contributed by atoms with van der Waals surface area (Å²) in [7, 11) is 0. The third kappa shape index (κ3) is 2.27. The predicted octanol–water partition coefficient (Wildman–Crippen LogP) is 4.47. The van der Waals surface area contributed by atoms with Gasteiger partial charge in [-0.05, 0) is 55.5 Å². The predicted molar refractivity (Wildman–Crippen MR) is 96.3 cm³/mol. The van der Waals surface area contributed by atoms with E-state index in [-0.39, 0.29) is 17.1 Å². The summed E-state index contributed by atoms with van der Waals surface area (Å²) in [6, 6.07) is 9.63. The van der Waals surface area contributed by atoms with Gasteiger partial charge < -0.3 is 10.2 Å². The van der Waals surface area contributed by atoms with Gasteiger partial charge in [0.15, 0.2) is 5.75 Å². The highest BCUT2D eigenvalue weighted by Crippen LogP contribution is 2.56. The molecule has 2 N–H and O–H groups in total. The van der Waals surface area contributed by atoms with Crippen molar-refractivity contribution < 1.29 is 19.4 Å². The third-order valence-corrected chi connectivity index (χ3v) is 5.47. The first-order valence-corrected chi connectivity index (χ1v) is 8.48. The van der Waals surface area contributed by atoms with Gasteiger partial charge in [-0.2, -0.15) is 0 Å². The number of hydrogen-bond acceptors (Lipinski definition) is 3. The molecule has 0 atom stereocenters. The number of aromatic carboxylic acids is 1. The maximum atomic E-state index is 13.3. The Morgan fingerprint density at radius 1 is 1.12 bits per heavy atom. The molecule has 1 saturated carbocycles. The summed E-state index contributed by atoms with van der Waals surface area (Å²) in [5.74, 6) is -1.82. The van der Waals surface area contributed by atoms with Crippen molar-refractivity contribution in [3.05, 3.63) is 70.2 Å². The summed E-state index contributed by atoms with van der Waals surface area (Å²) in [5, 5.41) is 20.9. The Labute approximate surface area is 149 Å². The number of benzene rings is 2. The first kappa shape index (κ1) is 16.5. The summed E-state index contributed by atoms with van der Waals surface area (Å²) in [5.41, 5.74) is 2.99. The number of pyridine rings is 1. The van der Waals surface area contributed by atoms with E-state index in [1.165, 1.54) is 12.1 Å². The van der Waals surface area contributed by atoms with Crippen LogP contribution in [0.1, 0.15) is 45.6 Å². The highest BCUT2D eigenvalue weighted by Gasteiger charge is 2.50. The van der Waals surface area contributed by atoms with Crippen LogP contribution in [0.3, 0.4) is 0 Å². The number of carboxylic acids is 1. The van der Waals surface area contributed by atoms with E-state index in [4.69, 9.17) is 4.98 Å². The molecule has 0 bridgehead atoms. The molecule has 3 aromatic rings. The fourth-order valence-electron chi connectivity index (χ4n) is 3.66. The van der Waals surface area contributed by atoms with E-state index in [1.54, 1.807) is 18.2 Å². The zero-order valence-electron chi connectivity index (χ0n) is 14.5. The highest BCUT2D eigenvalue weighted by atomic mass is 19.1. The van der Waals surface area contributed by atoms with Crippen molar-refractivity contribution in [3.8, 4) is 5.75 Å². The lowest BCUT2D eigenvalue weighted by molar-refractivity contribution is 0.0695. The Bertz CT molecular complexity index is 1050. The molecule has 1 fully saturated rings. The van der Waals surface area contributed by atoms with Gasteiger partial charge in [-0.3, -0.25) is 0 Å². The molecule has 0 unspecified atom stereocenters. The molecule has 4 nitrogen and oxygen atoms in total. The number of aromatic hydroxyl groups is 1. The van der Waals surface area contributed by atoms with Crippen molar-refractivity contribution in [2.45, 2.75) is 32.1 Å². The highest BCUT2D eigenvalue weighted by molar-refractivity contribution is 6.06. The number of hydrogen-bond donors (Lipinski definition) is 2. The Kier molecular flexibility index (Phi) is 3.51. The lowest BCUT2D eigenvalue weighted by Crippen LogP contribution is -2.14. The third-order valence-electron chi connectivity index (χ3n) is 5.47. The van der Waals surface area contributed by atoms with Gasteiger partial charge >= 0.3 is 5.97 Å². The van der Waals surface area contributed by atoms with Crippen LogP contribution in [0.2, 0.25) is 0 Å². The minimum absolute atomic E-state index is 0.124. The van der Waals surface area contributed by atoms with Crippen LogP contribution in [0.5, 0.6) is 5.75 Å². The van der Waals surface area contributed by atoms with Crippen LogP contribution in [0, 0.1) is 19.7 Å². The Morgan fingerprint density at radius 3 is 2.35 bits per heavy atom. The Hall–Kier alpha value is -2.95. The molecule has 0 radical (unpaired) electrons. The van der Waals surface area contributed by atoms with Crippen LogP contribution in [0.25, 0.3) is 10.9 Å². The normalized spacial score (nSPS) is 15.2. The average Bonchev–Trinajstić information content (AvgIpc) is 3.40. The molecule has 0 aliphatic heterocycles. The molecule has 0 saturated heterocycles. The average molecular weight is 351 g/mol. The molecule has 1 aliphatic rings. The minimum Gasteiger partial charge on any atom is -0.505 e. The van der Waals surface area contributed by atoms with Crippen molar-refractivity contribution in [2.75, 3.05) is 0 Å². The van der Waals surface area contributed by atoms with Crippen LogP contribution >= 0.6 is 0 Å². The lowest BCUT2D eigenvalue weighted by atomic mass is 9.88. The van der Waals surface area contributed by atoms with Crippen LogP contribution in [0.15, 0.2) is 36.4 Å². The first-order chi connectivity index (χ1) is 12.3. The summed E-state index contributed by atoms with van der Waals surface area (Å²) >= 11 is 0. The molecule has 1 aliphatic carbocycles. The molecule has 1 heterocycles. The van der Waals surface area contributed by atoms with E-state index in [1.807, 2.05) is 19.9 Å². The molecule has 0 spiro atoms. The van der Waals surface area contributed by atoms with Gasteiger partial charge in [0.2, 0.25) is 0 Å². The monoisotopic (exact) mass is 351 g/mol. The molecule has 26 heavy (non-hydrogen) atoms. The molecule has 132 valence electrons. The maximum Gasteiger partial charge on any atom is 0.340 e. The molecule has 2 aromatic carbocycles. The number of nitrogens with zero attached hydrogens (tertiary/aromatic N) is 1. The SMILES string of the molecule is Cc1ccc2c(C(=O)O)c(O)c(C3(c4ccc(F)cc4)CC3)nc2c1C. The fourth-order valence-corrected chi connectivity index (χ4v) is 3.66. The number of rotatable bonds is 3. The van der Waals surface area contributed by atoms with Crippen molar-refractivity contribution in [2.24, 2.45) is 0 Å². The van der Waals surface area contributed by atoms with E-state index in [0.717, 1.165) is 29.5 Å². The number of halogens is 1. The molecule has 1 aromatic heterocycles. The zero-order valence-corrected chi connectivity index (χ0v) is 14.5. The summed E-state index contributed by atoms with van der Waals surface area (Å²) in [6.45, 7) is 3.84. The van der Waals surface area contributed by atoms with E-state index in [0.29, 0.717) is 16.6 Å². The van der Waals surface area contributed by atoms with E-state index < -0.39 is 11.4 Å². The Morgan fingerprint density at radius 2 is 1.77 bits per heavy atom. The molecule has 0 amide bonds. The van der Waals surface area contributed by atoms with Crippen LogP contribution in [-0.4, -0.2) is 21.2 Å². The smallest absolute Gasteiger partial charge is 0.340 e. The number of aryl methyl sites for hydroxylation is 2. The van der Waals surface area contributed by atoms with Crippen molar-refractivity contribution in [1.29, 1.82) is 0 Å². The van der Waals surface area contributed by atoms with Gasteiger partial charge in [0.05, 0.1) is 11.2 Å². The van der Waals surface area contributed by atoms with Crippen molar-refractivity contribution in [3.63, 3.8) is 0 Å². The zero-order chi connectivity index (χ0) is 18.6. The van der Waals surface area contributed by atoms with Gasteiger partial charge in [-0.1, -0.05) is 24.3 Å². The lowest BCUT2D eigenvalue weighted by Gasteiger charge is -2.20. The second-order valence-electron chi connectivity index (χ2n) is 6.98. The van der Waals surface area contributed by atoms with Crippen LogP contribution in [0.4, 0.5) is 4.39 Å². The topological polar surface area (TPSA) is 70.4 Å². The quantitative estimate of drug-likeness (QED) is 0.730. The number of carboxylic acid groups (broad SMARTS) is 1. The molecule has 4 rings (SSSR count). The molecule has 5 heteroatoms. The van der Waals surface area contributed by atoms with Crippen molar-refractivity contribution >= 4 is 16.9 Å². The van der Waals surface area contributed by atoms with Crippen LogP contribution in [-0.2, 0) is 5.41 Å². The van der Waals surface area contributed by atoms with Gasteiger partial charge in [-0.25, -0.2) is 14.2 Å². The van der Waals surface area contributed by atoms with Crippen LogP contribution < -0.4 is 0 Å². The minimum atomic E-state index is -1.19. The van der Waals surface area contributed by atoms with Gasteiger partial charge in [0.25, 0.3) is 0 Å². The summed E-state index contributed by atoms with van der Waals surface area (Å²) in [4.78, 5) is 16.6. The number of carbonyl (C=O) groups is 1. The Balaban J connectivity index is 2.04. The summed E-state index contributed by atoms with van der Waals surface area (Å²) in [6.07, 6.45) is 1.46. The van der Waals surface area contributed by atoms with Crippen molar-refractivity contribution in [1.82, 2.24) is 4.98 Å². The summed E-state index contributed by atoms with van der Waals surface area (Å²) < 4.78 is 13.3. The van der Waals surface area contributed by atoms with Gasteiger partial charge in [-0.15, -0.1) is 0 Å². The van der Waals surface area contributed by atoms with Gasteiger partial charge in [0, 0.05) is 10.8 Å². The van der Waals surface area contributed by atoms with E-state index >= 15 is 0 Å². The standard InChI is InChI=1S/C21H18FNO3/c1-11-3-8-15-16(20(25)26)18(24)19(23-17(15)12(11)2)21(9-10-21)13-4-6-14(22)7-5-13/h3-8,24H,9-10H2,1-2H3,(H,25,26). The second-order valence-corrected chi connectivity index (χ2v) is 6.98. The molecular formula is C21H18FNO3. The maximum absolute atomic E-state index is 13.3. The first-order valence-electron chi connectivity index (χ1n) is 8.48. The number of fused-ring (bicyclic) bond motifs is 1. The number of aromatic nitrogens is 1.